The van der Waals surface area contributed by atoms with Gasteiger partial charge in [0.25, 0.3) is 11.5 Å². The van der Waals surface area contributed by atoms with Crippen LogP contribution >= 0.6 is 0 Å². The van der Waals surface area contributed by atoms with E-state index in [9.17, 15) is 27.6 Å². The van der Waals surface area contributed by atoms with Gasteiger partial charge in [-0.05, 0) is 30.3 Å². The van der Waals surface area contributed by atoms with Crippen molar-refractivity contribution in [1.29, 1.82) is 0 Å². The molecule has 3 aromatic rings. The summed E-state index contributed by atoms with van der Waals surface area (Å²) in [6.07, 6.45) is -2.07. The van der Waals surface area contributed by atoms with Gasteiger partial charge in [0.05, 0.1) is 36.6 Å². The first-order chi connectivity index (χ1) is 15.2. The highest BCUT2D eigenvalue weighted by atomic mass is 19.4. The molecule has 3 rings (SSSR count). The molecule has 0 spiro atoms. The second-order valence-corrected chi connectivity index (χ2v) is 6.70. The van der Waals surface area contributed by atoms with Gasteiger partial charge in [0.2, 0.25) is 0 Å². The molecule has 0 aliphatic heterocycles. The topological polar surface area (TPSA) is 95.2 Å². The molecule has 32 heavy (non-hydrogen) atoms. The normalized spacial score (nSPS) is 11.4. The molecule has 1 amide bonds. The number of rotatable bonds is 7. The number of carbonyl (C=O) groups excluding carboxylic acids is 1. The summed E-state index contributed by atoms with van der Waals surface area (Å²) >= 11 is 0. The van der Waals surface area contributed by atoms with E-state index in [1.165, 1.54) is 19.4 Å². The third-order valence-electron chi connectivity index (χ3n) is 4.52. The summed E-state index contributed by atoms with van der Waals surface area (Å²) in [5, 5.41) is 2.53. The first-order valence-corrected chi connectivity index (χ1v) is 9.43. The first kappa shape index (κ1) is 22.9. The molecule has 2 aromatic heterocycles. The Bertz CT molecular complexity index is 1220. The van der Waals surface area contributed by atoms with E-state index in [1.54, 1.807) is 18.2 Å². The molecular weight excluding hydrogens is 429 g/mol. The number of nitrogens with zero attached hydrogens (tertiary/aromatic N) is 3. The summed E-state index contributed by atoms with van der Waals surface area (Å²) < 4.78 is 46.0. The van der Waals surface area contributed by atoms with Crippen LogP contribution in [0, 0.1) is 0 Å². The highest BCUT2D eigenvalue weighted by Gasteiger charge is 2.31. The molecule has 0 fully saturated rings. The lowest BCUT2D eigenvalue weighted by Gasteiger charge is -2.14. The predicted molar refractivity (Wildman–Crippen MR) is 109 cm³/mol. The zero-order valence-electron chi connectivity index (χ0n) is 16.9. The minimum atomic E-state index is -4.67. The van der Waals surface area contributed by atoms with Gasteiger partial charge >= 0.3 is 11.9 Å². The summed E-state index contributed by atoms with van der Waals surface area (Å²) in [5.74, 6) is -0.799. The highest BCUT2D eigenvalue weighted by molar-refractivity contribution is 5.93. The molecule has 11 heteroatoms. The summed E-state index contributed by atoms with van der Waals surface area (Å²) in [5.41, 5.74) is -3.15. The van der Waals surface area contributed by atoms with Gasteiger partial charge in [-0.2, -0.15) is 13.2 Å². The van der Waals surface area contributed by atoms with Crippen molar-refractivity contribution in [2.24, 2.45) is 0 Å². The first-order valence-electron chi connectivity index (χ1n) is 9.43. The van der Waals surface area contributed by atoms with Crippen molar-refractivity contribution in [3.8, 4) is 5.69 Å². The minimum absolute atomic E-state index is 0.0138. The number of carbonyl (C=O) groups is 1. The van der Waals surface area contributed by atoms with Gasteiger partial charge in [0.15, 0.2) is 0 Å². The molecule has 0 aliphatic carbocycles. The summed E-state index contributed by atoms with van der Waals surface area (Å²) in [6, 6.07) is 8.86. The number of hydrogen-bond acceptors (Lipinski definition) is 5. The van der Waals surface area contributed by atoms with Crippen molar-refractivity contribution in [2.75, 3.05) is 13.7 Å². The fraction of sp³-hybridized carbons (Fsp3) is 0.238. The Kier molecular flexibility index (Phi) is 6.89. The molecule has 0 saturated carbocycles. The summed E-state index contributed by atoms with van der Waals surface area (Å²) in [7, 11) is 1.40. The molecule has 0 atom stereocenters. The highest BCUT2D eigenvalue weighted by Crippen LogP contribution is 2.29. The van der Waals surface area contributed by atoms with E-state index in [1.807, 2.05) is 0 Å². The number of alkyl halides is 3. The largest absolute Gasteiger partial charge is 0.416 e. The van der Waals surface area contributed by atoms with E-state index in [-0.39, 0.29) is 25.4 Å². The fourth-order valence-electron chi connectivity index (χ4n) is 2.93. The van der Waals surface area contributed by atoms with Crippen molar-refractivity contribution in [1.82, 2.24) is 19.4 Å². The lowest BCUT2D eigenvalue weighted by molar-refractivity contribution is -0.137. The molecule has 168 valence electrons. The number of nitrogens with one attached hydrogen (secondary N) is 1. The maximum atomic E-state index is 13.1. The van der Waals surface area contributed by atoms with Crippen molar-refractivity contribution in [3.63, 3.8) is 0 Å². The third kappa shape index (κ3) is 5.11. The maximum Gasteiger partial charge on any atom is 0.416 e. The Morgan fingerprint density at radius 3 is 2.59 bits per heavy atom. The quantitative estimate of drug-likeness (QED) is 0.597. The number of pyridine rings is 1. The van der Waals surface area contributed by atoms with Crippen LogP contribution in [0.15, 0.2) is 64.4 Å². The number of amides is 1. The molecular formula is C21H19F3N4O4. The van der Waals surface area contributed by atoms with Crippen LogP contribution in [-0.2, 0) is 24.0 Å². The van der Waals surface area contributed by atoms with E-state index < -0.39 is 34.5 Å². The molecule has 0 aliphatic rings. The molecule has 0 bridgehead atoms. The molecule has 0 radical (unpaired) electrons. The second kappa shape index (κ2) is 9.60. The van der Waals surface area contributed by atoms with Crippen LogP contribution in [0.25, 0.3) is 5.69 Å². The Morgan fingerprint density at radius 1 is 1.16 bits per heavy atom. The number of methoxy groups -OCH3 is 1. The lowest BCUT2D eigenvalue weighted by Crippen LogP contribution is -2.43. The van der Waals surface area contributed by atoms with Crippen LogP contribution < -0.4 is 16.6 Å². The Balaban J connectivity index is 2.08. The molecule has 1 N–H and O–H groups in total. The average Bonchev–Trinajstić information content (AvgIpc) is 2.77. The van der Waals surface area contributed by atoms with Gasteiger partial charge in [0.1, 0.15) is 5.56 Å². The Labute approximate surface area is 179 Å². The van der Waals surface area contributed by atoms with E-state index in [0.717, 1.165) is 22.9 Å². The van der Waals surface area contributed by atoms with E-state index in [4.69, 9.17) is 4.74 Å². The lowest BCUT2D eigenvalue weighted by atomic mass is 10.2. The van der Waals surface area contributed by atoms with Crippen LogP contribution in [0.1, 0.15) is 21.6 Å². The molecule has 0 unspecified atom stereocenters. The fourth-order valence-corrected chi connectivity index (χ4v) is 2.93. The second-order valence-electron chi connectivity index (χ2n) is 6.70. The summed E-state index contributed by atoms with van der Waals surface area (Å²) in [6.45, 7) is 0.0741. The average molecular weight is 448 g/mol. The van der Waals surface area contributed by atoms with Crippen LogP contribution in [0.3, 0.4) is 0 Å². The third-order valence-corrected chi connectivity index (χ3v) is 4.52. The summed E-state index contributed by atoms with van der Waals surface area (Å²) in [4.78, 5) is 42.6. The molecule has 2 heterocycles. The number of halogens is 3. The number of aromatic nitrogens is 3. The van der Waals surface area contributed by atoms with Crippen LogP contribution in [0.4, 0.5) is 13.2 Å². The van der Waals surface area contributed by atoms with Crippen molar-refractivity contribution in [3.05, 3.63) is 92.5 Å². The smallest absolute Gasteiger partial charge is 0.383 e. The van der Waals surface area contributed by atoms with Gasteiger partial charge in [0, 0.05) is 19.5 Å². The van der Waals surface area contributed by atoms with Gasteiger partial charge in [-0.15, -0.1) is 0 Å². The number of ether oxygens (including phenoxy) is 1. The van der Waals surface area contributed by atoms with Crippen molar-refractivity contribution < 1.29 is 22.7 Å². The van der Waals surface area contributed by atoms with Gasteiger partial charge in [-0.25, -0.2) is 9.36 Å². The standard InChI is InChI=1S/C21H19F3N4O4/c1-32-10-9-27-13-17(18(29)26-12-15-6-2-3-8-25-15)19(30)28(20(27)31)16-7-4-5-14(11-16)21(22,23)24/h2-8,11,13H,9-10,12H2,1H3,(H,26,29). The van der Waals surface area contributed by atoms with Crippen molar-refractivity contribution in [2.45, 2.75) is 19.3 Å². The molecule has 0 saturated heterocycles. The van der Waals surface area contributed by atoms with Crippen LogP contribution in [0.2, 0.25) is 0 Å². The number of benzene rings is 1. The van der Waals surface area contributed by atoms with Gasteiger partial charge in [-0.1, -0.05) is 12.1 Å². The van der Waals surface area contributed by atoms with Crippen LogP contribution in [0.5, 0.6) is 0 Å². The predicted octanol–water partition coefficient (Wildman–Crippen LogP) is 1.99. The zero-order chi connectivity index (χ0) is 23.3. The molecule has 1 aromatic carbocycles. The van der Waals surface area contributed by atoms with E-state index >= 15 is 0 Å². The van der Waals surface area contributed by atoms with Crippen LogP contribution in [-0.4, -0.2) is 33.7 Å². The van der Waals surface area contributed by atoms with E-state index in [2.05, 4.69) is 10.3 Å². The molecule has 8 nitrogen and oxygen atoms in total. The number of hydrogen-bond donors (Lipinski definition) is 1. The maximum absolute atomic E-state index is 13.1. The zero-order valence-corrected chi connectivity index (χ0v) is 16.9. The van der Waals surface area contributed by atoms with Crippen molar-refractivity contribution >= 4 is 5.91 Å². The monoisotopic (exact) mass is 448 g/mol. The SMILES string of the molecule is COCCn1cc(C(=O)NCc2ccccn2)c(=O)n(-c2cccc(C(F)(F)F)c2)c1=O. The van der Waals surface area contributed by atoms with Gasteiger partial charge < -0.3 is 10.1 Å². The minimum Gasteiger partial charge on any atom is -0.383 e. The Morgan fingerprint density at radius 2 is 1.94 bits per heavy atom. The van der Waals surface area contributed by atoms with Gasteiger partial charge in [-0.3, -0.25) is 19.1 Å². The van der Waals surface area contributed by atoms with E-state index in [0.29, 0.717) is 16.3 Å². The Hall–Kier alpha value is -3.73.